The van der Waals surface area contributed by atoms with Crippen molar-refractivity contribution in [1.29, 1.82) is 0 Å². The number of rotatable bonds is 7. The fraction of sp³-hybridized carbons (Fsp3) is 0.375. The molecule has 0 saturated carbocycles. The molecule has 0 atom stereocenters. The largest absolute Gasteiger partial charge is 0.433 e. The number of aromatic nitrogens is 2. The van der Waals surface area contributed by atoms with E-state index in [9.17, 15) is 13.2 Å². The van der Waals surface area contributed by atoms with Gasteiger partial charge in [-0.3, -0.25) is 0 Å². The molecular formula is C16H18ClF3IN5. The Labute approximate surface area is 168 Å². The Hall–Kier alpha value is -1.33. The first-order valence-corrected chi connectivity index (χ1v) is 9.18. The van der Waals surface area contributed by atoms with Crippen LogP contribution in [-0.4, -0.2) is 42.1 Å². The van der Waals surface area contributed by atoms with Crippen molar-refractivity contribution in [3.8, 4) is 0 Å². The van der Waals surface area contributed by atoms with Crippen LogP contribution in [0.2, 0.25) is 5.02 Å². The molecule has 2 aromatic rings. The lowest BCUT2D eigenvalue weighted by Crippen LogP contribution is -2.18. The van der Waals surface area contributed by atoms with Crippen LogP contribution in [0.1, 0.15) is 12.1 Å². The number of benzene rings is 1. The summed E-state index contributed by atoms with van der Waals surface area (Å²) in [6.45, 7) is 1.26. The van der Waals surface area contributed by atoms with Crippen molar-refractivity contribution >= 4 is 51.6 Å². The number of hydrogen-bond donors (Lipinski definition) is 2. The molecule has 1 heterocycles. The molecule has 0 unspecified atom stereocenters. The minimum atomic E-state index is -4.57. The van der Waals surface area contributed by atoms with E-state index < -0.39 is 11.9 Å². The standard InChI is InChI=1S/C16H18ClF3IN5/c1-26(2)7-3-6-22-15-24-13(16(18,19)20)9-14(25-15)23-12-5-4-10(21)8-11(12)17/h4-5,8-9H,3,6-7H2,1-2H3,(H2,22,23,24,25). The van der Waals surface area contributed by atoms with E-state index in [1.165, 1.54) is 0 Å². The smallest absolute Gasteiger partial charge is 0.354 e. The lowest BCUT2D eigenvalue weighted by atomic mass is 10.3. The van der Waals surface area contributed by atoms with E-state index in [1.54, 1.807) is 18.2 Å². The molecule has 0 aliphatic heterocycles. The Morgan fingerprint density at radius 1 is 1.19 bits per heavy atom. The summed E-state index contributed by atoms with van der Waals surface area (Å²) in [5, 5.41) is 6.06. The zero-order chi connectivity index (χ0) is 19.3. The molecule has 0 amide bonds. The molecule has 0 saturated heterocycles. The van der Waals surface area contributed by atoms with Gasteiger partial charge in [0.25, 0.3) is 0 Å². The normalized spacial score (nSPS) is 11.7. The topological polar surface area (TPSA) is 53.1 Å². The molecule has 26 heavy (non-hydrogen) atoms. The van der Waals surface area contributed by atoms with Crippen molar-refractivity contribution in [1.82, 2.24) is 14.9 Å². The monoisotopic (exact) mass is 499 g/mol. The molecule has 2 N–H and O–H groups in total. The minimum Gasteiger partial charge on any atom is -0.354 e. The summed E-state index contributed by atoms with van der Waals surface area (Å²) in [5.41, 5.74) is -0.552. The molecule has 0 aliphatic rings. The number of halogens is 5. The van der Waals surface area contributed by atoms with Gasteiger partial charge in [0.1, 0.15) is 5.82 Å². The fourth-order valence-corrected chi connectivity index (χ4v) is 2.96. The van der Waals surface area contributed by atoms with E-state index in [4.69, 9.17) is 11.6 Å². The maximum Gasteiger partial charge on any atom is 0.433 e. The van der Waals surface area contributed by atoms with Crippen molar-refractivity contribution in [3.05, 3.63) is 38.6 Å². The van der Waals surface area contributed by atoms with Crippen LogP contribution in [0.15, 0.2) is 24.3 Å². The van der Waals surface area contributed by atoms with Crippen LogP contribution in [0.25, 0.3) is 0 Å². The van der Waals surface area contributed by atoms with Crippen molar-refractivity contribution < 1.29 is 13.2 Å². The first-order valence-electron chi connectivity index (χ1n) is 7.72. The van der Waals surface area contributed by atoms with Crippen molar-refractivity contribution in [2.75, 3.05) is 37.8 Å². The Balaban J connectivity index is 2.22. The highest BCUT2D eigenvalue weighted by atomic mass is 127. The molecule has 0 fully saturated rings. The highest BCUT2D eigenvalue weighted by molar-refractivity contribution is 14.1. The van der Waals surface area contributed by atoms with Crippen LogP contribution in [0.5, 0.6) is 0 Å². The lowest BCUT2D eigenvalue weighted by Gasteiger charge is -2.14. The highest BCUT2D eigenvalue weighted by Gasteiger charge is 2.33. The Kier molecular flexibility index (Phi) is 7.30. The van der Waals surface area contributed by atoms with Gasteiger partial charge in [0.2, 0.25) is 5.95 Å². The van der Waals surface area contributed by atoms with Crippen molar-refractivity contribution in [2.45, 2.75) is 12.6 Å². The molecule has 2 rings (SSSR count). The highest BCUT2D eigenvalue weighted by Crippen LogP contribution is 2.32. The van der Waals surface area contributed by atoms with Gasteiger partial charge in [-0.15, -0.1) is 0 Å². The van der Waals surface area contributed by atoms with Crippen LogP contribution in [-0.2, 0) is 6.18 Å². The molecule has 0 spiro atoms. The molecule has 0 radical (unpaired) electrons. The van der Waals surface area contributed by atoms with Gasteiger partial charge in [0.05, 0.1) is 10.7 Å². The predicted molar refractivity (Wildman–Crippen MR) is 106 cm³/mol. The average molecular weight is 500 g/mol. The lowest BCUT2D eigenvalue weighted by molar-refractivity contribution is -0.141. The van der Waals surface area contributed by atoms with Gasteiger partial charge < -0.3 is 15.5 Å². The molecule has 1 aromatic carbocycles. The molecule has 0 aliphatic carbocycles. The van der Waals surface area contributed by atoms with Gasteiger partial charge in [-0.1, -0.05) is 11.6 Å². The molecule has 5 nitrogen and oxygen atoms in total. The summed E-state index contributed by atoms with van der Waals surface area (Å²) in [5.74, 6) is -0.0618. The maximum absolute atomic E-state index is 13.1. The van der Waals surface area contributed by atoms with E-state index in [1.807, 2.05) is 19.0 Å². The Morgan fingerprint density at radius 2 is 1.92 bits per heavy atom. The third-order valence-corrected chi connectivity index (χ3v) is 4.26. The summed E-state index contributed by atoms with van der Waals surface area (Å²) in [4.78, 5) is 9.67. The van der Waals surface area contributed by atoms with Crippen LogP contribution >= 0.6 is 34.2 Å². The van der Waals surface area contributed by atoms with Gasteiger partial charge in [-0.25, -0.2) is 4.98 Å². The number of hydrogen-bond acceptors (Lipinski definition) is 5. The second-order valence-corrected chi connectivity index (χ2v) is 7.45. The van der Waals surface area contributed by atoms with Gasteiger partial charge in [-0.05, 0) is 67.9 Å². The maximum atomic E-state index is 13.1. The van der Waals surface area contributed by atoms with Crippen LogP contribution in [0.4, 0.5) is 30.6 Å². The number of anilines is 3. The van der Waals surface area contributed by atoms with Gasteiger partial charge in [-0.2, -0.15) is 18.2 Å². The molecule has 1 aromatic heterocycles. The fourth-order valence-electron chi connectivity index (χ4n) is 2.06. The Morgan fingerprint density at radius 3 is 2.54 bits per heavy atom. The first kappa shape index (κ1) is 21.0. The predicted octanol–water partition coefficient (Wildman–Crippen LogP) is 4.86. The molecule has 142 valence electrons. The van der Waals surface area contributed by atoms with Crippen molar-refractivity contribution in [2.24, 2.45) is 0 Å². The van der Waals surface area contributed by atoms with Crippen molar-refractivity contribution in [3.63, 3.8) is 0 Å². The molecule has 10 heteroatoms. The first-order chi connectivity index (χ1) is 12.1. The van der Waals surface area contributed by atoms with E-state index >= 15 is 0 Å². The van der Waals surface area contributed by atoms with Gasteiger partial charge in [0, 0.05) is 16.2 Å². The number of alkyl halides is 3. The zero-order valence-electron chi connectivity index (χ0n) is 14.2. The SMILES string of the molecule is CN(C)CCCNc1nc(Nc2ccc(I)cc2Cl)cc(C(F)(F)F)n1. The second-order valence-electron chi connectivity index (χ2n) is 5.79. The summed E-state index contributed by atoms with van der Waals surface area (Å²) >= 11 is 8.23. The Bertz CT molecular complexity index is 755. The number of nitrogens with one attached hydrogen (secondary N) is 2. The van der Waals surface area contributed by atoms with E-state index in [0.29, 0.717) is 17.3 Å². The van der Waals surface area contributed by atoms with Crippen LogP contribution in [0, 0.1) is 3.57 Å². The summed E-state index contributed by atoms with van der Waals surface area (Å²) in [6, 6.07) is 6.04. The summed E-state index contributed by atoms with van der Waals surface area (Å²) in [6.07, 6.45) is -3.83. The van der Waals surface area contributed by atoms with E-state index in [-0.39, 0.29) is 11.8 Å². The zero-order valence-corrected chi connectivity index (χ0v) is 17.1. The van der Waals surface area contributed by atoms with Gasteiger partial charge in [0.15, 0.2) is 5.69 Å². The third-order valence-electron chi connectivity index (χ3n) is 3.28. The summed E-state index contributed by atoms with van der Waals surface area (Å²) in [7, 11) is 3.85. The number of nitrogens with zero attached hydrogens (tertiary/aromatic N) is 3. The van der Waals surface area contributed by atoms with Crippen LogP contribution in [0.3, 0.4) is 0 Å². The molecular weight excluding hydrogens is 482 g/mol. The van der Waals surface area contributed by atoms with E-state index in [0.717, 1.165) is 22.6 Å². The average Bonchev–Trinajstić information content (AvgIpc) is 2.53. The molecule has 0 bridgehead atoms. The second kappa shape index (κ2) is 9.05. The third kappa shape index (κ3) is 6.44. The van der Waals surface area contributed by atoms with E-state index in [2.05, 4.69) is 43.2 Å². The van der Waals surface area contributed by atoms with Crippen LogP contribution < -0.4 is 10.6 Å². The minimum absolute atomic E-state index is 0.0190. The summed E-state index contributed by atoms with van der Waals surface area (Å²) < 4.78 is 40.3. The quantitative estimate of drug-likeness (QED) is 0.421. The van der Waals surface area contributed by atoms with Gasteiger partial charge >= 0.3 is 6.18 Å².